The molecule has 0 spiro atoms. The van der Waals surface area contributed by atoms with E-state index in [0.717, 1.165) is 0 Å². The molecular formula is C8H11BrN4O2S. The van der Waals surface area contributed by atoms with E-state index in [-0.39, 0.29) is 5.97 Å². The smallest absolute Gasteiger partial charge is 0.320 e. The van der Waals surface area contributed by atoms with Crippen molar-refractivity contribution in [2.75, 3.05) is 24.3 Å². The zero-order chi connectivity index (χ0) is 12.1. The number of hydrogen-bond acceptors (Lipinski definition) is 7. The zero-order valence-corrected chi connectivity index (χ0v) is 10.9. The van der Waals surface area contributed by atoms with Crippen LogP contribution < -0.4 is 11.5 Å². The Morgan fingerprint density at radius 3 is 2.62 bits per heavy atom. The first-order valence-electron chi connectivity index (χ1n) is 4.27. The standard InChI is InChI=1S/C8H11BrN4O2S/c1-15-7(14)4(9)3-16-8-12-5(10)2-6(11)13-8/h2,4H,3H2,1H3,(H4,10,11,12,13). The van der Waals surface area contributed by atoms with Crippen LogP contribution in [0, 0.1) is 0 Å². The second-order valence-electron chi connectivity index (χ2n) is 2.80. The fraction of sp³-hybridized carbons (Fsp3) is 0.375. The Bertz CT molecular complexity index is 370. The van der Waals surface area contributed by atoms with Crippen molar-refractivity contribution in [1.82, 2.24) is 9.97 Å². The first-order chi connectivity index (χ1) is 7.52. The van der Waals surface area contributed by atoms with Gasteiger partial charge in [-0.2, -0.15) is 0 Å². The van der Waals surface area contributed by atoms with Crippen LogP contribution in [0.5, 0.6) is 0 Å². The van der Waals surface area contributed by atoms with E-state index in [2.05, 4.69) is 30.6 Å². The van der Waals surface area contributed by atoms with Gasteiger partial charge in [-0.15, -0.1) is 0 Å². The Hall–Kier alpha value is -1.02. The highest BCUT2D eigenvalue weighted by molar-refractivity contribution is 9.10. The number of hydrogen-bond donors (Lipinski definition) is 2. The number of thioether (sulfide) groups is 1. The number of esters is 1. The van der Waals surface area contributed by atoms with Crippen molar-refractivity contribution in [2.45, 2.75) is 9.98 Å². The summed E-state index contributed by atoms with van der Waals surface area (Å²) >= 11 is 4.46. The van der Waals surface area contributed by atoms with Crippen LogP contribution in [0.3, 0.4) is 0 Å². The van der Waals surface area contributed by atoms with Crippen molar-refractivity contribution in [3.63, 3.8) is 0 Å². The Labute approximate surface area is 105 Å². The molecule has 1 rings (SSSR count). The van der Waals surface area contributed by atoms with Gasteiger partial charge in [0.15, 0.2) is 5.16 Å². The number of anilines is 2. The molecule has 0 aliphatic rings. The maximum atomic E-state index is 11.1. The van der Waals surface area contributed by atoms with Crippen molar-refractivity contribution >= 4 is 45.3 Å². The minimum atomic E-state index is -0.409. The number of halogens is 1. The Kier molecular flexibility index (Phi) is 4.81. The number of carbonyl (C=O) groups is 1. The van der Waals surface area contributed by atoms with E-state index in [0.29, 0.717) is 22.5 Å². The van der Waals surface area contributed by atoms with Gasteiger partial charge in [-0.05, 0) is 0 Å². The normalized spacial score (nSPS) is 12.1. The SMILES string of the molecule is COC(=O)C(Br)CSc1nc(N)cc(N)n1. The zero-order valence-electron chi connectivity index (χ0n) is 8.51. The second kappa shape index (κ2) is 5.90. The fourth-order valence-corrected chi connectivity index (χ4v) is 2.22. The Balaban J connectivity index is 2.57. The molecule has 0 aromatic carbocycles. The summed E-state index contributed by atoms with van der Waals surface area (Å²) in [4.78, 5) is 18.6. The summed E-state index contributed by atoms with van der Waals surface area (Å²) in [6.45, 7) is 0. The van der Waals surface area contributed by atoms with Gasteiger partial charge in [-0.3, -0.25) is 4.79 Å². The molecule has 0 saturated carbocycles. The van der Waals surface area contributed by atoms with Crippen LogP contribution in [0.2, 0.25) is 0 Å². The van der Waals surface area contributed by atoms with Gasteiger partial charge < -0.3 is 16.2 Å². The number of nitrogens with zero attached hydrogens (tertiary/aromatic N) is 2. The molecule has 1 aromatic heterocycles. The largest absolute Gasteiger partial charge is 0.468 e. The summed E-state index contributed by atoms with van der Waals surface area (Å²) in [5.41, 5.74) is 11.0. The predicted octanol–water partition coefficient (Wildman–Crippen LogP) is 0.670. The lowest BCUT2D eigenvalue weighted by Crippen LogP contribution is -2.18. The number of aromatic nitrogens is 2. The van der Waals surface area contributed by atoms with Crippen LogP contribution >= 0.6 is 27.7 Å². The summed E-state index contributed by atoms with van der Waals surface area (Å²) < 4.78 is 4.56. The average molecular weight is 307 g/mol. The molecule has 0 radical (unpaired) electrons. The number of ether oxygens (including phenoxy) is 1. The first-order valence-corrected chi connectivity index (χ1v) is 6.17. The van der Waals surface area contributed by atoms with E-state index in [9.17, 15) is 4.79 Å². The molecule has 6 nitrogen and oxygen atoms in total. The van der Waals surface area contributed by atoms with E-state index >= 15 is 0 Å². The third-order valence-corrected chi connectivity index (χ3v) is 3.63. The molecule has 0 aliphatic carbocycles. The van der Waals surface area contributed by atoms with Crippen LogP contribution in [-0.4, -0.2) is 33.6 Å². The van der Waals surface area contributed by atoms with E-state index in [4.69, 9.17) is 11.5 Å². The monoisotopic (exact) mass is 306 g/mol. The maximum absolute atomic E-state index is 11.1. The second-order valence-corrected chi connectivity index (χ2v) is 4.89. The highest BCUT2D eigenvalue weighted by atomic mass is 79.9. The van der Waals surface area contributed by atoms with Gasteiger partial charge in [0.2, 0.25) is 0 Å². The van der Waals surface area contributed by atoms with Crippen LogP contribution in [-0.2, 0) is 9.53 Å². The Morgan fingerprint density at radius 1 is 1.56 bits per heavy atom. The molecule has 1 atom stereocenters. The van der Waals surface area contributed by atoms with Crippen molar-refractivity contribution in [1.29, 1.82) is 0 Å². The van der Waals surface area contributed by atoms with Gasteiger partial charge in [0.05, 0.1) is 7.11 Å². The molecule has 0 saturated heterocycles. The molecular weight excluding hydrogens is 296 g/mol. The minimum Gasteiger partial charge on any atom is -0.468 e. The molecule has 0 bridgehead atoms. The first kappa shape index (κ1) is 13.0. The summed E-state index contributed by atoms with van der Waals surface area (Å²) in [6, 6.07) is 1.47. The molecule has 1 unspecified atom stereocenters. The lowest BCUT2D eigenvalue weighted by Gasteiger charge is -2.06. The average Bonchev–Trinajstić information content (AvgIpc) is 2.23. The lowest BCUT2D eigenvalue weighted by atomic mass is 10.5. The van der Waals surface area contributed by atoms with Gasteiger partial charge in [0.25, 0.3) is 0 Å². The van der Waals surface area contributed by atoms with Crippen LogP contribution in [0.25, 0.3) is 0 Å². The van der Waals surface area contributed by atoms with Crippen LogP contribution in [0.15, 0.2) is 11.2 Å². The minimum absolute atomic E-state index is 0.305. The number of nitrogen functional groups attached to an aromatic ring is 2. The maximum Gasteiger partial charge on any atom is 0.320 e. The molecule has 0 fully saturated rings. The Morgan fingerprint density at radius 2 is 2.12 bits per heavy atom. The number of rotatable bonds is 4. The van der Waals surface area contributed by atoms with Gasteiger partial charge >= 0.3 is 5.97 Å². The number of carbonyl (C=O) groups excluding carboxylic acids is 1. The van der Waals surface area contributed by atoms with E-state index < -0.39 is 4.83 Å². The quantitative estimate of drug-likeness (QED) is 0.364. The molecule has 16 heavy (non-hydrogen) atoms. The fourth-order valence-electron chi connectivity index (χ4n) is 0.870. The molecule has 1 aromatic rings. The summed E-state index contributed by atoms with van der Waals surface area (Å²) in [5.74, 6) is 0.706. The summed E-state index contributed by atoms with van der Waals surface area (Å²) in [7, 11) is 1.33. The molecule has 0 amide bonds. The van der Waals surface area contributed by atoms with Crippen molar-refractivity contribution in [2.24, 2.45) is 0 Å². The van der Waals surface area contributed by atoms with Crippen molar-refractivity contribution in [3.05, 3.63) is 6.07 Å². The van der Waals surface area contributed by atoms with E-state index in [1.165, 1.54) is 24.9 Å². The van der Waals surface area contributed by atoms with Gasteiger partial charge in [-0.25, -0.2) is 9.97 Å². The lowest BCUT2D eigenvalue weighted by molar-refractivity contribution is -0.139. The van der Waals surface area contributed by atoms with Crippen molar-refractivity contribution < 1.29 is 9.53 Å². The highest BCUT2D eigenvalue weighted by Crippen LogP contribution is 2.20. The van der Waals surface area contributed by atoms with Gasteiger partial charge in [0.1, 0.15) is 16.5 Å². The molecule has 0 aliphatic heterocycles. The summed E-state index contributed by atoms with van der Waals surface area (Å²) in [5, 5.41) is 0.436. The van der Waals surface area contributed by atoms with E-state index in [1.807, 2.05) is 0 Å². The molecule has 88 valence electrons. The number of nitrogens with two attached hydrogens (primary N) is 2. The summed E-state index contributed by atoms with van der Waals surface area (Å²) in [6.07, 6.45) is 0. The van der Waals surface area contributed by atoms with Crippen LogP contribution in [0.1, 0.15) is 0 Å². The topological polar surface area (TPSA) is 104 Å². The number of alkyl halides is 1. The molecule has 1 heterocycles. The molecule has 4 N–H and O–H groups in total. The van der Waals surface area contributed by atoms with Crippen molar-refractivity contribution in [3.8, 4) is 0 Å². The van der Waals surface area contributed by atoms with Gasteiger partial charge in [0, 0.05) is 11.8 Å². The third kappa shape index (κ3) is 3.86. The van der Waals surface area contributed by atoms with Gasteiger partial charge in [-0.1, -0.05) is 27.7 Å². The highest BCUT2D eigenvalue weighted by Gasteiger charge is 2.16. The third-order valence-electron chi connectivity index (χ3n) is 1.56. The number of methoxy groups -OCH3 is 1. The predicted molar refractivity (Wildman–Crippen MR) is 66.3 cm³/mol. The van der Waals surface area contributed by atoms with E-state index in [1.54, 1.807) is 0 Å². The molecule has 8 heteroatoms. The van der Waals surface area contributed by atoms with Crippen LogP contribution in [0.4, 0.5) is 11.6 Å².